The van der Waals surface area contributed by atoms with Gasteiger partial charge < -0.3 is 5.32 Å². The molecule has 2 N–H and O–H groups in total. The SMILES string of the molecule is CC(C)Cn1ncc(NC(=O)Nc2cc(S(C)(=O)=O)ccn2)c1C1CC1. The summed E-state index contributed by atoms with van der Waals surface area (Å²) in [5.74, 6) is 1.06. The predicted molar refractivity (Wildman–Crippen MR) is 99.0 cm³/mol. The second-order valence-electron chi connectivity index (χ2n) is 7.02. The van der Waals surface area contributed by atoms with Gasteiger partial charge in [-0.05, 0) is 30.9 Å². The Labute approximate surface area is 152 Å². The molecule has 26 heavy (non-hydrogen) atoms. The summed E-state index contributed by atoms with van der Waals surface area (Å²) in [5.41, 5.74) is 1.73. The Balaban J connectivity index is 1.74. The fourth-order valence-corrected chi connectivity index (χ4v) is 3.38. The zero-order valence-corrected chi connectivity index (χ0v) is 15.9. The van der Waals surface area contributed by atoms with E-state index in [1.54, 1.807) is 6.20 Å². The van der Waals surface area contributed by atoms with Gasteiger partial charge in [-0.25, -0.2) is 18.2 Å². The molecule has 2 heterocycles. The number of amides is 2. The van der Waals surface area contributed by atoms with Crippen LogP contribution in [0.4, 0.5) is 16.3 Å². The number of sulfone groups is 1. The van der Waals surface area contributed by atoms with Crippen molar-refractivity contribution in [3.8, 4) is 0 Å². The molecule has 2 amide bonds. The molecule has 1 fully saturated rings. The molecule has 0 atom stereocenters. The fraction of sp³-hybridized carbons (Fsp3) is 0.471. The Hall–Kier alpha value is -2.42. The van der Waals surface area contributed by atoms with Gasteiger partial charge in [0.15, 0.2) is 9.84 Å². The molecule has 3 rings (SSSR count). The summed E-state index contributed by atoms with van der Waals surface area (Å²) in [6.45, 7) is 5.05. The minimum Gasteiger partial charge on any atom is -0.305 e. The van der Waals surface area contributed by atoms with E-state index in [0.29, 0.717) is 17.5 Å². The highest BCUT2D eigenvalue weighted by Crippen LogP contribution is 2.43. The molecule has 8 nitrogen and oxygen atoms in total. The molecule has 0 bridgehead atoms. The number of nitrogens with zero attached hydrogens (tertiary/aromatic N) is 3. The minimum absolute atomic E-state index is 0.103. The molecule has 0 aromatic carbocycles. The number of hydrogen-bond acceptors (Lipinski definition) is 5. The van der Waals surface area contributed by atoms with Gasteiger partial charge in [0.25, 0.3) is 0 Å². The van der Waals surface area contributed by atoms with Crippen molar-refractivity contribution in [1.82, 2.24) is 14.8 Å². The third-order valence-electron chi connectivity index (χ3n) is 4.03. The number of rotatable bonds is 6. The van der Waals surface area contributed by atoms with Crippen molar-refractivity contribution in [2.75, 3.05) is 16.9 Å². The predicted octanol–water partition coefficient (Wildman–Crippen LogP) is 2.86. The van der Waals surface area contributed by atoms with Crippen LogP contribution in [0.5, 0.6) is 0 Å². The van der Waals surface area contributed by atoms with Gasteiger partial charge in [0.2, 0.25) is 0 Å². The zero-order chi connectivity index (χ0) is 18.9. The molecular weight excluding hydrogens is 354 g/mol. The second-order valence-corrected chi connectivity index (χ2v) is 9.04. The van der Waals surface area contributed by atoms with Gasteiger partial charge in [-0.2, -0.15) is 5.10 Å². The normalized spacial score (nSPS) is 14.5. The zero-order valence-electron chi connectivity index (χ0n) is 15.1. The number of carbonyl (C=O) groups excluding carboxylic acids is 1. The summed E-state index contributed by atoms with van der Waals surface area (Å²) >= 11 is 0. The number of hydrogen-bond donors (Lipinski definition) is 2. The third kappa shape index (κ3) is 4.40. The number of urea groups is 1. The first kappa shape index (κ1) is 18.4. The Bertz CT molecular complexity index is 916. The highest BCUT2D eigenvalue weighted by Gasteiger charge is 2.31. The van der Waals surface area contributed by atoms with E-state index in [-0.39, 0.29) is 10.7 Å². The monoisotopic (exact) mass is 377 g/mol. The second kappa shape index (κ2) is 7.06. The van der Waals surface area contributed by atoms with E-state index in [9.17, 15) is 13.2 Å². The van der Waals surface area contributed by atoms with Crippen LogP contribution < -0.4 is 10.6 Å². The lowest BCUT2D eigenvalue weighted by molar-refractivity contribution is 0.262. The highest BCUT2D eigenvalue weighted by atomic mass is 32.2. The Kier molecular flexibility index (Phi) is 4.99. The van der Waals surface area contributed by atoms with Crippen LogP contribution >= 0.6 is 0 Å². The maximum absolute atomic E-state index is 12.3. The van der Waals surface area contributed by atoms with Crippen LogP contribution in [-0.4, -0.2) is 35.5 Å². The van der Waals surface area contributed by atoms with Crippen molar-refractivity contribution in [1.29, 1.82) is 0 Å². The Morgan fingerprint density at radius 2 is 2.08 bits per heavy atom. The summed E-state index contributed by atoms with van der Waals surface area (Å²) in [6.07, 6.45) is 6.31. The standard InChI is InChI=1S/C17H23N5O3S/c1-11(2)10-22-16(12-4-5-12)14(9-19-22)20-17(23)21-15-8-13(6-7-18-15)26(3,24)25/h6-9,11-12H,4-5,10H2,1-3H3,(H2,18,20,21,23). The Morgan fingerprint density at radius 3 is 2.69 bits per heavy atom. The minimum atomic E-state index is -3.36. The topological polar surface area (TPSA) is 106 Å². The molecule has 0 unspecified atom stereocenters. The first-order valence-electron chi connectivity index (χ1n) is 8.54. The summed E-state index contributed by atoms with van der Waals surface area (Å²) in [7, 11) is -3.36. The molecule has 2 aromatic heterocycles. The van der Waals surface area contributed by atoms with Gasteiger partial charge in [-0.3, -0.25) is 10.00 Å². The van der Waals surface area contributed by atoms with E-state index in [1.165, 1.54) is 18.3 Å². The van der Waals surface area contributed by atoms with Crippen molar-refractivity contribution >= 4 is 27.4 Å². The van der Waals surface area contributed by atoms with Crippen LogP contribution in [0, 0.1) is 5.92 Å². The molecule has 1 aliphatic carbocycles. The van der Waals surface area contributed by atoms with Gasteiger partial charge in [0.1, 0.15) is 5.82 Å². The summed E-state index contributed by atoms with van der Waals surface area (Å²) in [5, 5.41) is 9.79. The maximum Gasteiger partial charge on any atom is 0.324 e. The fourth-order valence-electron chi connectivity index (χ4n) is 2.75. The van der Waals surface area contributed by atoms with Gasteiger partial charge >= 0.3 is 6.03 Å². The lowest BCUT2D eigenvalue weighted by Gasteiger charge is -2.12. The maximum atomic E-state index is 12.3. The quantitative estimate of drug-likeness (QED) is 0.805. The van der Waals surface area contributed by atoms with Crippen molar-refractivity contribution in [2.24, 2.45) is 5.92 Å². The van der Waals surface area contributed by atoms with Crippen molar-refractivity contribution in [2.45, 2.75) is 44.0 Å². The highest BCUT2D eigenvalue weighted by molar-refractivity contribution is 7.90. The largest absolute Gasteiger partial charge is 0.324 e. The molecule has 0 saturated heterocycles. The summed E-state index contributed by atoms with van der Waals surface area (Å²) < 4.78 is 25.2. The van der Waals surface area contributed by atoms with Gasteiger partial charge in [0.05, 0.1) is 22.5 Å². The van der Waals surface area contributed by atoms with Crippen LogP contribution in [0.25, 0.3) is 0 Å². The molecule has 0 spiro atoms. The number of anilines is 2. The van der Waals surface area contributed by atoms with Crippen molar-refractivity contribution < 1.29 is 13.2 Å². The van der Waals surface area contributed by atoms with E-state index in [0.717, 1.165) is 31.3 Å². The van der Waals surface area contributed by atoms with E-state index < -0.39 is 15.9 Å². The van der Waals surface area contributed by atoms with E-state index in [1.807, 2.05) is 4.68 Å². The molecule has 1 aliphatic rings. The molecular formula is C17H23N5O3S. The number of carbonyl (C=O) groups is 1. The molecule has 140 valence electrons. The first-order valence-corrected chi connectivity index (χ1v) is 10.4. The molecule has 0 radical (unpaired) electrons. The van der Waals surface area contributed by atoms with E-state index >= 15 is 0 Å². The van der Waals surface area contributed by atoms with E-state index in [2.05, 4.69) is 34.6 Å². The van der Waals surface area contributed by atoms with Crippen LogP contribution in [0.1, 0.15) is 38.3 Å². The van der Waals surface area contributed by atoms with Gasteiger partial charge in [0, 0.05) is 24.9 Å². The number of nitrogens with one attached hydrogen (secondary N) is 2. The molecule has 2 aromatic rings. The summed E-state index contributed by atoms with van der Waals surface area (Å²) in [6, 6.07) is 2.24. The van der Waals surface area contributed by atoms with Crippen LogP contribution in [0.15, 0.2) is 29.4 Å². The number of aromatic nitrogens is 3. The van der Waals surface area contributed by atoms with E-state index in [4.69, 9.17) is 0 Å². The average Bonchev–Trinajstić information content (AvgIpc) is 3.30. The average molecular weight is 377 g/mol. The Morgan fingerprint density at radius 1 is 1.35 bits per heavy atom. The molecule has 0 aliphatic heterocycles. The smallest absolute Gasteiger partial charge is 0.305 e. The van der Waals surface area contributed by atoms with Gasteiger partial charge in [-0.1, -0.05) is 13.8 Å². The third-order valence-corrected chi connectivity index (χ3v) is 5.14. The summed E-state index contributed by atoms with van der Waals surface area (Å²) in [4.78, 5) is 16.4. The molecule has 1 saturated carbocycles. The lowest BCUT2D eigenvalue weighted by atomic mass is 10.2. The lowest BCUT2D eigenvalue weighted by Crippen LogP contribution is -2.21. The van der Waals surface area contributed by atoms with Gasteiger partial charge in [-0.15, -0.1) is 0 Å². The number of pyridine rings is 1. The van der Waals surface area contributed by atoms with Crippen LogP contribution in [-0.2, 0) is 16.4 Å². The van der Waals surface area contributed by atoms with Crippen molar-refractivity contribution in [3.05, 3.63) is 30.2 Å². The molecule has 9 heteroatoms. The van der Waals surface area contributed by atoms with Crippen molar-refractivity contribution in [3.63, 3.8) is 0 Å². The van der Waals surface area contributed by atoms with Crippen LogP contribution in [0.3, 0.4) is 0 Å². The van der Waals surface area contributed by atoms with Crippen LogP contribution in [0.2, 0.25) is 0 Å². The first-order chi connectivity index (χ1) is 12.2.